The molecule has 0 rings (SSSR count). The van der Waals surface area contributed by atoms with Crippen LogP contribution in [0.15, 0.2) is 12.2 Å². The van der Waals surface area contributed by atoms with E-state index >= 15 is 0 Å². The van der Waals surface area contributed by atoms with Crippen LogP contribution in [0.1, 0.15) is 0 Å². The summed E-state index contributed by atoms with van der Waals surface area (Å²) in [4.78, 5) is 0. The molecule has 0 fully saturated rings. The lowest BCUT2D eigenvalue weighted by molar-refractivity contribution is -0.113. The zero-order valence-electron chi connectivity index (χ0n) is 11.1. The molecule has 0 aromatic carbocycles. The second-order valence-electron chi connectivity index (χ2n) is 3.36. The normalized spacial score (nSPS) is 12.1. The molecule has 0 saturated heterocycles. The molecular formula is C12H20Br4O4. The molecule has 0 heterocycles. The van der Waals surface area contributed by atoms with Crippen LogP contribution >= 0.6 is 63.7 Å². The van der Waals surface area contributed by atoms with Crippen molar-refractivity contribution in [1.82, 2.24) is 0 Å². The highest BCUT2D eigenvalue weighted by atomic mass is 79.9. The van der Waals surface area contributed by atoms with E-state index in [4.69, 9.17) is 18.9 Å². The van der Waals surface area contributed by atoms with Crippen molar-refractivity contribution in [2.45, 2.75) is 12.6 Å². The van der Waals surface area contributed by atoms with Gasteiger partial charge >= 0.3 is 0 Å². The largest absolute Gasteiger partial charge is 0.348 e. The van der Waals surface area contributed by atoms with E-state index in [-0.39, 0.29) is 0 Å². The fourth-order valence-corrected chi connectivity index (χ4v) is 1.89. The number of alkyl halides is 4. The van der Waals surface area contributed by atoms with Crippen LogP contribution in [-0.4, -0.2) is 60.3 Å². The van der Waals surface area contributed by atoms with Crippen molar-refractivity contribution in [2.75, 3.05) is 47.7 Å². The monoisotopic (exact) mass is 544 g/mol. The number of halogens is 4. The van der Waals surface area contributed by atoms with Gasteiger partial charge in [0.2, 0.25) is 0 Å². The third kappa shape index (κ3) is 13.2. The molecule has 0 aliphatic heterocycles. The summed E-state index contributed by atoms with van der Waals surface area (Å²) in [6, 6.07) is 0. The molecule has 20 heavy (non-hydrogen) atoms. The van der Waals surface area contributed by atoms with E-state index in [2.05, 4.69) is 63.7 Å². The maximum absolute atomic E-state index is 5.55. The first-order valence-electron chi connectivity index (χ1n) is 6.17. The van der Waals surface area contributed by atoms with Crippen molar-refractivity contribution in [3.8, 4) is 0 Å². The second kappa shape index (κ2) is 16.9. The lowest BCUT2D eigenvalue weighted by Crippen LogP contribution is -2.21. The number of rotatable bonds is 14. The quantitative estimate of drug-likeness (QED) is 0.188. The van der Waals surface area contributed by atoms with Crippen molar-refractivity contribution < 1.29 is 18.9 Å². The zero-order chi connectivity index (χ0) is 15.1. The highest BCUT2D eigenvalue weighted by Crippen LogP contribution is 2.05. The number of ether oxygens (including phenoxy) is 4. The van der Waals surface area contributed by atoms with Crippen molar-refractivity contribution >= 4 is 63.7 Å². The average Bonchev–Trinajstić information content (AvgIpc) is 2.48. The van der Waals surface area contributed by atoms with E-state index in [0.717, 1.165) is 21.3 Å². The minimum absolute atomic E-state index is 0.396. The maximum Gasteiger partial charge on any atom is 0.177 e. The Morgan fingerprint density at radius 2 is 0.800 bits per heavy atom. The molecule has 0 aromatic rings. The summed E-state index contributed by atoms with van der Waals surface area (Å²) in [7, 11) is 0. The molecule has 0 aliphatic rings. The minimum Gasteiger partial charge on any atom is -0.348 e. The molecule has 0 spiro atoms. The van der Waals surface area contributed by atoms with Crippen LogP contribution in [0.5, 0.6) is 0 Å². The molecule has 0 aromatic heterocycles. The van der Waals surface area contributed by atoms with E-state index < -0.39 is 12.6 Å². The van der Waals surface area contributed by atoms with Crippen LogP contribution in [0.3, 0.4) is 0 Å². The van der Waals surface area contributed by atoms with E-state index in [0.29, 0.717) is 26.4 Å². The molecule has 0 aliphatic carbocycles. The first kappa shape index (κ1) is 21.5. The van der Waals surface area contributed by atoms with Gasteiger partial charge in [0, 0.05) is 21.3 Å². The Balaban J connectivity index is 4.30. The van der Waals surface area contributed by atoms with Gasteiger partial charge in [0.05, 0.1) is 26.4 Å². The van der Waals surface area contributed by atoms with Crippen LogP contribution in [-0.2, 0) is 18.9 Å². The molecule has 120 valence electrons. The van der Waals surface area contributed by atoms with Crippen LogP contribution in [0.4, 0.5) is 0 Å². The first-order valence-corrected chi connectivity index (χ1v) is 10.7. The summed E-state index contributed by atoms with van der Waals surface area (Å²) < 4.78 is 22.2. The first-order chi connectivity index (χ1) is 9.78. The summed E-state index contributed by atoms with van der Waals surface area (Å²) >= 11 is 13.3. The Kier molecular flexibility index (Phi) is 18.1. The van der Waals surface area contributed by atoms with Gasteiger partial charge in [-0.05, 0) is 12.2 Å². The summed E-state index contributed by atoms with van der Waals surface area (Å²) in [6.45, 7) is 2.30. The molecule has 0 saturated carbocycles. The summed E-state index contributed by atoms with van der Waals surface area (Å²) in [6.07, 6.45) is 2.84. The van der Waals surface area contributed by atoms with Crippen molar-refractivity contribution in [3.63, 3.8) is 0 Å². The summed E-state index contributed by atoms with van der Waals surface area (Å²) in [5, 5.41) is 3.05. The molecule has 0 N–H and O–H groups in total. The van der Waals surface area contributed by atoms with Crippen molar-refractivity contribution in [3.05, 3.63) is 12.2 Å². The van der Waals surface area contributed by atoms with E-state index in [1.165, 1.54) is 0 Å². The lowest BCUT2D eigenvalue weighted by atomic mass is 10.4. The Morgan fingerprint density at radius 1 is 0.550 bits per heavy atom. The molecule has 0 bridgehead atoms. The topological polar surface area (TPSA) is 36.9 Å². The smallest absolute Gasteiger partial charge is 0.177 e. The highest BCUT2D eigenvalue weighted by Gasteiger charge is 2.08. The van der Waals surface area contributed by atoms with Gasteiger partial charge in [-0.15, -0.1) is 0 Å². The number of hydrogen-bond acceptors (Lipinski definition) is 4. The summed E-state index contributed by atoms with van der Waals surface area (Å²) in [5.74, 6) is 0. The minimum atomic E-state index is -0.396. The van der Waals surface area contributed by atoms with E-state index in [1.807, 2.05) is 12.2 Å². The molecular weight excluding hydrogens is 528 g/mol. The standard InChI is InChI=1S/C12H20Br4O4/c13-3-7-17-11(18-8-4-14)1-2-12(19-9-5-15)20-10-6-16/h1-2,11-12H,3-10H2. The van der Waals surface area contributed by atoms with Crippen LogP contribution in [0.2, 0.25) is 0 Å². The second-order valence-corrected chi connectivity index (χ2v) is 6.53. The van der Waals surface area contributed by atoms with Gasteiger partial charge in [0.1, 0.15) is 0 Å². The molecule has 4 nitrogen and oxygen atoms in total. The van der Waals surface area contributed by atoms with Gasteiger partial charge in [-0.3, -0.25) is 0 Å². The van der Waals surface area contributed by atoms with E-state index in [1.54, 1.807) is 0 Å². The van der Waals surface area contributed by atoms with Gasteiger partial charge < -0.3 is 18.9 Å². The molecule has 0 unspecified atom stereocenters. The summed E-state index contributed by atoms with van der Waals surface area (Å²) in [5.41, 5.74) is 0. The Morgan fingerprint density at radius 3 is 1.00 bits per heavy atom. The zero-order valence-corrected chi connectivity index (χ0v) is 17.5. The van der Waals surface area contributed by atoms with Crippen LogP contribution in [0, 0.1) is 0 Å². The molecule has 0 amide bonds. The van der Waals surface area contributed by atoms with Crippen molar-refractivity contribution in [2.24, 2.45) is 0 Å². The third-order valence-corrected chi connectivity index (χ3v) is 3.16. The predicted octanol–water partition coefficient (Wildman–Crippen LogP) is 3.84. The molecule has 0 atom stereocenters. The highest BCUT2D eigenvalue weighted by molar-refractivity contribution is 9.09. The van der Waals surface area contributed by atoms with Crippen molar-refractivity contribution in [1.29, 1.82) is 0 Å². The Labute approximate surface area is 154 Å². The van der Waals surface area contributed by atoms with Gasteiger partial charge in [-0.25, -0.2) is 0 Å². The third-order valence-electron chi connectivity index (χ3n) is 1.86. The van der Waals surface area contributed by atoms with Crippen LogP contribution < -0.4 is 0 Å². The van der Waals surface area contributed by atoms with Gasteiger partial charge in [-0.1, -0.05) is 63.7 Å². The van der Waals surface area contributed by atoms with Gasteiger partial charge in [0.25, 0.3) is 0 Å². The molecule has 8 heteroatoms. The van der Waals surface area contributed by atoms with Gasteiger partial charge in [0.15, 0.2) is 12.6 Å². The molecule has 0 radical (unpaired) electrons. The number of hydrogen-bond donors (Lipinski definition) is 0. The van der Waals surface area contributed by atoms with Crippen LogP contribution in [0.25, 0.3) is 0 Å². The SMILES string of the molecule is BrCCOC(C=CC(OCCBr)OCCBr)OCCBr. The maximum atomic E-state index is 5.55. The fraction of sp³-hybridized carbons (Fsp3) is 0.833. The van der Waals surface area contributed by atoms with Gasteiger partial charge in [-0.2, -0.15) is 0 Å². The van der Waals surface area contributed by atoms with E-state index in [9.17, 15) is 0 Å². The Bertz CT molecular complexity index is 194. The Hall–Kier alpha value is 1.50. The predicted molar refractivity (Wildman–Crippen MR) is 95.7 cm³/mol. The average molecular weight is 548 g/mol. The lowest BCUT2D eigenvalue weighted by Gasteiger charge is -2.17. The fourth-order valence-electron chi connectivity index (χ4n) is 1.14.